The molecule has 1 aromatic rings. The van der Waals surface area contributed by atoms with Crippen molar-refractivity contribution in [2.75, 3.05) is 13.2 Å². The molecule has 0 spiro atoms. The molecule has 1 heterocycles. The number of aromatic nitrogens is 2. The van der Waals surface area contributed by atoms with E-state index in [1.54, 1.807) is 6.20 Å². The molecule has 3 N–H and O–H groups in total. The summed E-state index contributed by atoms with van der Waals surface area (Å²) in [6.07, 6.45) is 3.11. The van der Waals surface area contributed by atoms with Crippen molar-refractivity contribution in [1.29, 1.82) is 0 Å². The lowest BCUT2D eigenvalue weighted by atomic mass is 9.95. The van der Waals surface area contributed by atoms with Gasteiger partial charge in [-0.05, 0) is 0 Å². The molecule has 0 atom stereocenters. The molecule has 1 rings (SSSR count). The van der Waals surface area contributed by atoms with Crippen molar-refractivity contribution in [3.63, 3.8) is 0 Å². The molecule has 0 bridgehead atoms. The zero-order chi connectivity index (χ0) is 10.6. The van der Waals surface area contributed by atoms with Crippen LogP contribution < -0.4 is 5.32 Å². The van der Waals surface area contributed by atoms with Gasteiger partial charge in [-0.15, -0.1) is 0 Å². The predicted octanol–water partition coefficient (Wildman–Crippen LogP) is 0.158. The number of nitrogens with one attached hydrogen (secondary N) is 2. The van der Waals surface area contributed by atoms with Crippen LogP contribution in [0.15, 0.2) is 12.4 Å². The van der Waals surface area contributed by atoms with Crippen LogP contribution in [-0.2, 0) is 0 Å². The Morgan fingerprint density at radius 3 is 2.93 bits per heavy atom. The molecule has 0 aliphatic carbocycles. The fraction of sp³-hybridized carbons (Fsp3) is 0.556. The third kappa shape index (κ3) is 2.85. The third-order valence-corrected chi connectivity index (χ3v) is 1.87. The highest BCUT2D eigenvalue weighted by atomic mass is 16.3. The summed E-state index contributed by atoms with van der Waals surface area (Å²) in [5.41, 5.74) is -0.303. The average Bonchev–Trinajstić information content (AvgIpc) is 2.67. The van der Waals surface area contributed by atoms with Gasteiger partial charge in [0, 0.05) is 31.0 Å². The monoisotopic (exact) mass is 197 g/mol. The Kier molecular flexibility index (Phi) is 3.24. The first kappa shape index (κ1) is 10.7. The second kappa shape index (κ2) is 4.23. The van der Waals surface area contributed by atoms with Crippen molar-refractivity contribution in [2.45, 2.75) is 13.8 Å². The van der Waals surface area contributed by atoms with Gasteiger partial charge in [0.05, 0.1) is 0 Å². The highest BCUT2D eigenvalue weighted by molar-refractivity contribution is 5.90. The first-order valence-electron chi connectivity index (χ1n) is 4.43. The summed E-state index contributed by atoms with van der Waals surface area (Å²) in [6.45, 7) is 4.19. The fourth-order valence-electron chi connectivity index (χ4n) is 0.849. The number of nitrogens with zero attached hydrogens (tertiary/aromatic N) is 1. The lowest BCUT2D eigenvalue weighted by Crippen LogP contribution is -2.36. The van der Waals surface area contributed by atoms with Crippen molar-refractivity contribution in [3.05, 3.63) is 18.2 Å². The number of imidazole rings is 1. The molecule has 5 heteroatoms. The molecule has 0 saturated heterocycles. The molecule has 0 unspecified atom stereocenters. The van der Waals surface area contributed by atoms with Gasteiger partial charge in [0.2, 0.25) is 0 Å². The van der Waals surface area contributed by atoms with E-state index >= 15 is 0 Å². The van der Waals surface area contributed by atoms with Gasteiger partial charge in [0.15, 0.2) is 5.82 Å². The van der Waals surface area contributed by atoms with Gasteiger partial charge in [0.25, 0.3) is 5.91 Å². The van der Waals surface area contributed by atoms with Gasteiger partial charge >= 0.3 is 0 Å². The SMILES string of the molecule is CC(C)(CO)CNC(=O)c1ncc[nH]1. The molecular weight excluding hydrogens is 182 g/mol. The van der Waals surface area contributed by atoms with Crippen LogP contribution in [0, 0.1) is 5.41 Å². The lowest BCUT2D eigenvalue weighted by Gasteiger charge is -2.21. The van der Waals surface area contributed by atoms with Crippen LogP contribution in [0.1, 0.15) is 24.5 Å². The van der Waals surface area contributed by atoms with Gasteiger partial charge in [-0.1, -0.05) is 13.8 Å². The number of aromatic amines is 1. The van der Waals surface area contributed by atoms with E-state index in [-0.39, 0.29) is 17.9 Å². The minimum Gasteiger partial charge on any atom is -0.396 e. The van der Waals surface area contributed by atoms with Crippen LogP contribution in [0.4, 0.5) is 0 Å². The number of aliphatic hydroxyl groups excluding tert-OH is 1. The number of hydrogen-bond donors (Lipinski definition) is 3. The van der Waals surface area contributed by atoms with E-state index in [2.05, 4.69) is 15.3 Å². The maximum Gasteiger partial charge on any atom is 0.287 e. The minimum atomic E-state index is -0.303. The van der Waals surface area contributed by atoms with Crippen LogP contribution in [0.25, 0.3) is 0 Å². The smallest absolute Gasteiger partial charge is 0.287 e. The van der Waals surface area contributed by atoms with Gasteiger partial charge < -0.3 is 15.4 Å². The highest BCUT2D eigenvalue weighted by Gasteiger charge is 2.18. The summed E-state index contributed by atoms with van der Waals surface area (Å²) in [7, 11) is 0. The van der Waals surface area contributed by atoms with E-state index in [4.69, 9.17) is 5.11 Å². The Balaban J connectivity index is 2.43. The molecule has 5 nitrogen and oxygen atoms in total. The molecule has 0 fully saturated rings. The first-order chi connectivity index (χ1) is 6.55. The van der Waals surface area contributed by atoms with E-state index < -0.39 is 0 Å². The number of H-pyrrole nitrogens is 1. The van der Waals surface area contributed by atoms with Gasteiger partial charge in [-0.25, -0.2) is 4.98 Å². The summed E-state index contributed by atoms with van der Waals surface area (Å²) in [5, 5.41) is 11.6. The Labute approximate surface area is 82.6 Å². The molecule has 0 aromatic carbocycles. The maximum atomic E-state index is 11.4. The van der Waals surface area contributed by atoms with Crippen molar-refractivity contribution >= 4 is 5.91 Å². The molecule has 78 valence electrons. The number of hydrogen-bond acceptors (Lipinski definition) is 3. The zero-order valence-electron chi connectivity index (χ0n) is 8.37. The van der Waals surface area contributed by atoms with Gasteiger partial charge in [0.1, 0.15) is 0 Å². The normalized spacial score (nSPS) is 11.4. The quantitative estimate of drug-likeness (QED) is 0.643. The van der Waals surface area contributed by atoms with Crippen LogP contribution >= 0.6 is 0 Å². The molecule has 0 saturated carbocycles. The van der Waals surface area contributed by atoms with E-state index in [0.717, 1.165) is 0 Å². The Hall–Kier alpha value is -1.36. The first-order valence-corrected chi connectivity index (χ1v) is 4.43. The summed E-state index contributed by atoms with van der Waals surface area (Å²) in [4.78, 5) is 17.9. The number of amides is 1. The summed E-state index contributed by atoms with van der Waals surface area (Å²) >= 11 is 0. The largest absolute Gasteiger partial charge is 0.396 e. The topological polar surface area (TPSA) is 78.0 Å². The number of rotatable bonds is 4. The molecule has 0 aliphatic rings. The van der Waals surface area contributed by atoms with Crippen molar-refractivity contribution in [2.24, 2.45) is 5.41 Å². The second-order valence-electron chi connectivity index (χ2n) is 3.94. The molecule has 1 aromatic heterocycles. The summed E-state index contributed by atoms with van der Waals surface area (Å²) in [6, 6.07) is 0. The van der Waals surface area contributed by atoms with Crippen molar-refractivity contribution in [3.8, 4) is 0 Å². The summed E-state index contributed by atoms with van der Waals surface area (Å²) in [5.74, 6) is 0.0373. The molecule has 0 aliphatic heterocycles. The Morgan fingerprint density at radius 1 is 1.71 bits per heavy atom. The Bertz CT molecular complexity index is 293. The van der Waals surface area contributed by atoms with Crippen molar-refractivity contribution < 1.29 is 9.90 Å². The van der Waals surface area contributed by atoms with Crippen LogP contribution in [-0.4, -0.2) is 34.1 Å². The second-order valence-corrected chi connectivity index (χ2v) is 3.94. The lowest BCUT2D eigenvalue weighted by molar-refractivity contribution is 0.0902. The molecule has 1 amide bonds. The van der Waals surface area contributed by atoms with Gasteiger partial charge in [-0.2, -0.15) is 0 Å². The molecular formula is C9H15N3O2. The van der Waals surface area contributed by atoms with E-state index in [1.807, 2.05) is 13.8 Å². The van der Waals surface area contributed by atoms with Crippen molar-refractivity contribution in [1.82, 2.24) is 15.3 Å². The standard InChI is InChI=1S/C9H15N3O2/c1-9(2,6-13)5-12-8(14)7-10-3-4-11-7/h3-4,13H,5-6H2,1-2H3,(H,10,11)(H,12,14). The maximum absolute atomic E-state index is 11.4. The number of carbonyl (C=O) groups excluding carboxylic acids is 1. The third-order valence-electron chi connectivity index (χ3n) is 1.87. The molecule has 0 radical (unpaired) electrons. The highest BCUT2D eigenvalue weighted by Crippen LogP contribution is 2.11. The van der Waals surface area contributed by atoms with E-state index in [9.17, 15) is 4.79 Å². The molecule has 14 heavy (non-hydrogen) atoms. The van der Waals surface area contributed by atoms with Crippen LogP contribution in [0.5, 0.6) is 0 Å². The number of aliphatic hydroxyl groups is 1. The number of carbonyl (C=O) groups is 1. The predicted molar refractivity (Wildman–Crippen MR) is 51.8 cm³/mol. The average molecular weight is 197 g/mol. The van der Waals surface area contributed by atoms with E-state index in [0.29, 0.717) is 12.4 Å². The van der Waals surface area contributed by atoms with Gasteiger partial charge in [-0.3, -0.25) is 4.79 Å². The zero-order valence-corrected chi connectivity index (χ0v) is 8.37. The van der Waals surface area contributed by atoms with Crippen LogP contribution in [0.3, 0.4) is 0 Å². The minimum absolute atomic E-state index is 0.0332. The fourth-order valence-corrected chi connectivity index (χ4v) is 0.849. The Morgan fingerprint density at radius 2 is 2.43 bits per heavy atom. The van der Waals surface area contributed by atoms with E-state index in [1.165, 1.54) is 6.20 Å². The summed E-state index contributed by atoms with van der Waals surface area (Å²) < 4.78 is 0. The van der Waals surface area contributed by atoms with Crippen LogP contribution in [0.2, 0.25) is 0 Å².